The molecule has 0 radical (unpaired) electrons. The van der Waals surface area contributed by atoms with Crippen molar-refractivity contribution in [2.75, 3.05) is 13.7 Å². The predicted molar refractivity (Wildman–Crippen MR) is 72.1 cm³/mol. The summed E-state index contributed by atoms with van der Waals surface area (Å²) >= 11 is 1.47. The molecule has 1 N–H and O–H groups in total. The lowest BCUT2D eigenvalue weighted by molar-refractivity contribution is -0.122. The summed E-state index contributed by atoms with van der Waals surface area (Å²) in [6.45, 7) is 4.30. The van der Waals surface area contributed by atoms with Gasteiger partial charge in [-0.2, -0.15) is 0 Å². The van der Waals surface area contributed by atoms with Gasteiger partial charge in [0.05, 0.1) is 11.5 Å². The summed E-state index contributed by atoms with van der Waals surface area (Å²) < 4.78 is 4.92. The Kier molecular flexibility index (Phi) is 6.01. The third-order valence-electron chi connectivity index (χ3n) is 2.42. The Morgan fingerprint density at radius 1 is 1.39 bits per heavy atom. The average molecular weight is 269 g/mol. The summed E-state index contributed by atoms with van der Waals surface area (Å²) in [5.41, 5.74) is 0. The summed E-state index contributed by atoms with van der Waals surface area (Å²) in [5, 5.41) is 2.78. The first kappa shape index (κ1) is 14.9. The normalized spacial score (nSPS) is 12.2. The number of amides is 1. The molecular weight excluding hydrogens is 250 g/mol. The van der Waals surface area contributed by atoms with Crippen LogP contribution in [0.2, 0.25) is 0 Å². The maximum absolute atomic E-state index is 11.8. The molecule has 1 heterocycles. The van der Waals surface area contributed by atoms with Crippen LogP contribution in [0.1, 0.15) is 34.3 Å². The second kappa shape index (κ2) is 7.28. The third-order valence-corrected chi connectivity index (χ3v) is 3.46. The van der Waals surface area contributed by atoms with E-state index >= 15 is 0 Å². The molecule has 1 rings (SSSR count). The molecule has 1 unspecified atom stereocenters. The largest absolute Gasteiger partial charge is 0.383 e. The van der Waals surface area contributed by atoms with Crippen LogP contribution in [-0.4, -0.2) is 31.4 Å². The maximum Gasteiger partial charge on any atom is 0.220 e. The molecule has 0 bridgehead atoms. The van der Waals surface area contributed by atoms with Crippen LogP contribution in [0.25, 0.3) is 0 Å². The van der Waals surface area contributed by atoms with Crippen LogP contribution in [0.5, 0.6) is 0 Å². The molecule has 18 heavy (non-hydrogen) atoms. The molecule has 4 nitrogen and oxygen atoms in total. The zero-order valence-corrected chi connectivity index (χ0v) is 11.8. The van der Waals surface area contributed by atoms with Gasteiger partial charge in [0.15, 0.2) is 5.78 Å². The molecule has 1 atom stereocenters. The zero-order chi connectivity index (χ0) is 13.5. The minimum absolute atomic E-state index is 0.0263. The van der Waals surface area contributed by atoms with Crippen LogP contribution >= 0.6 is 11.3 Å². The monoisotopic (exact) mass is 269 g/mol. The number of carbonyl (C=O) groups is 2. The number of hydrogen-bond donors (Lipinski definition) is 1. The van der Waals surface area contributed by atoms with E-state index in [1.54, 1.807) is 7.11 Å². The first-order valence-corrected chi connectivity index (χ1v) is 6.72. The summed E-state index contributed by atoms with van der Waals surface area (Å²) in [6, 6.07) is 3.70. The van der Waals surface area contributed by atoms with E-state index in [4.69, 9.17) is 4.74 Å². The molecule has 5 heteroatoms. The SMILES string of the molecule is COCC(C)NC(=O)CCC(=O)c1ccc(C)s1. The first-order valence-electron chi connectivity index (χ1n) is 5.91. The van der Waals surface area contributed by atoms with Crippen LogP contribution in [0, 0.1) is 6.92 Å². The lowest BCUT2D eigenvalue weighted by Gasteiger charge is -2.12. The Labute approximate surface area is 111 Å². The molecule has 0 saturated heterocycles. The summed E-state index contributed by atoms with van der Waals surface area (Å²) in [5.74, 6) is -0.0798. The predicted octanol–water partition coefficient (Wildman–Crippen LogP) is 2.17. The Hall–Kier alpha value is -1.20. The molecule has 1 aromatic rings. The van der Waals surface area contributed by atoms with Gasteiger partial charge in [-0.05, 0) is 26.0 Å². The summed E-state index contributed by atoms with van der Waals surface area (Å²) in [7, 11) is 1.59. The molecule has 0 aliphatic rings. The van der Waals surface area contributed by atoms with Crippen LogP contribution in [0.3, 0.4) is 0 Å². The van der Waals surface area contributed by atoms with Crippen molar-refractivity contribution in [3.63, 3.8) is 0 Å². The van der Waals surface area contributed by atoms with Gasteiger partial charge in [-0.15, -0.1) is 11.3 Å². The van der Waals surface area contributed by atoms with Gasteiger partial charge in [0.1, 0.15) is 0 Å². The first-order chi connectivity index (χ1) is 8.52. The number of ketones is 1. The standard InChI is InChI=1S/C13H19NO3S/c1-9(8-17-3)14-13(16)7-5-11(15)12-6-4-10(2)18-12/h4,6,9H,5,7-8H2,1-3H3,(H,14,16). The van der Waals surface area contributed by atoms with Crippen molar-refractivity contribution < 1.29 is 14.3 Å². The van der Waals surface area contributed by atoms with E-state index in [1.807, 2.05) is 26.0 Å². The van der Waals surface area contributed by atoms with Gasteiger partial charge in [0.2, 0.25) is 5.91 Å². The molecule has 0 aliphatic carbocycles. The van der Waals surface area contributed by atoms with Crippen molar-refractivity contribution in [2.24, 2.45) is 0 Å². The number of carbonyl (C=O) groups excluding carboxylic acids is 2. The highest BCUT2D eigenvalue weighted by Gasteiger charge is 2.12. The number of methoxy groups -OCH3 is 1. The van der Waals surface area contributed by atoms with E-state index in [0.717, 1.165) is 9.75 Å². The number of hydrogen-bond acceptors (Lipinski definition) is 4. The van der Waals surface area contributed by atoms with Gasteiger partial charge in [-0.25, -0.2) is 0 Å². The van der Waals surface area contributed by atoms with Gasteiger partial charge in [0.25, 0.3) is 0 Å². The van der Waals surface area contributed by atoms with E-state index < -0.39 is 0 Å². The maximum atomic E-state index is 11.8. The van der Waals surface area contributed by atoms with E-state index in [0.29, 0.717) is 6.61 Å². The highest BCUT2D eigenvalue weighted by molar-refractivity contribution is 7.14. The van der Waals surface area contributed by atoms with E-state index in [1.165, 1.54) is 11.3 Å². The number of ether oxygens (including phenoxy) is 1. The molecule has 0 fully saturated rings. The van der Waals surface area contributed by atoms with E-state index in [2.05, 4.69) is 5.32 Å². The molecular formula is C13H19NO3S. The van der Waals surface area contributed by atoms with Gasteiger partial charge < -0.3 is 10.1 Å². The smallest absolute Gasteiger partial charge is 0.220 e. The molecule has 100 valence electrons. The molecule has 1 amide bonds. The average Bonchev–Trinajstić information content (AvgIpc) is 2.73. The van der Waals surface area contributed by atoms with Crippen molar-refractivity contribution in [2.45, 2.75) is 32.7 Å². The molecule has 0 saturated carbocycles. The number of thiophene rings is 1. The highest BCUT2D eigenvalue weighted by Crippen LogP contribution is 2.17. The van der Waals surface area contributed by atoms with Crippen molar-refractivity contribution in [3.8, 4) is 0 Å². The Bertz CT molecular complexity index is 414. The molecule has 0 spiro atoms. The fraction of sp³-hybridized carbons (Fsp3) is 0.538. The third kappa shape index (κ3) is 4.98. The second-order valence-corrected chi connectivity index (χ2v) is 5.55. The fourth-order valence-corrected chi connectivity index (χ4v) is 2.41. The van der Waals surface area contributed by atoms with Crippen LogP contribution in [0.4, 0.5) is 0 Å². The van der Waals surface area contributed by atoms with Crippen LogP contribution in [-0.2, 0) is 9.53 Å². The van der Waals surface area contributed by atoms with Crippen molar-refractivity contribution in [1.29, 1.82) is 0 Å². The Morgan fingerprint density at radius 2 is 2.11 bits per heavy atom. The van der Waals surface area contributed by atoms with Gasteiger partial charge in [0, 0.05) is 30.9 Å². The topological polar surface area (TPSA) is 55.4 Å². The lowest BCUT2D eigenvalue weighted by atomic mass is 10.2. The zero-order valence-electron chi connectivity index (χ0n) is 11.0. The number of rotatable bonds is 7. The van der Waals surface area contributed by atoms with Crippen molar-refractivity contribution in [3.05, 3.63) is 21.9 Å². The Morgan fingerprint density at radius 3 is 2.67 bits per heavy atom. The summed E-state index contributed by atoms with van der Waals surface area (Å²) in [6.07, 6.45) is 0.481. The summed E-state index contributed by atoms with van der Waals surface area (Å²) in [4.78, 5) is 25.2. The number of Topliss-reactive ketones (excluding diaryl/α,β-unsaturated/α-hetero) is 1. The van der Waals surface area contributed by atoms with Gasteiger partial charge >= 0.3 is 0 Å². The lowest BCUT2D eigenvalue weighted by Crippen LogP contribution is -2.35. The van der Waals surface area contributed by atoms with Crippen molar-refractivity contribution in [1.82, 2.24) is 5.32 Å². The number of aryl methyl sites for hydroxylation is 1. The Balaban J connectivity index is 2.32. The van der Waals surface area contributed by atoms with Gasteiger partial charge in [-0.1, -0.05) is 0 Å². The number of nitrogens with one attached hydrogen (secondary N) is 1. The second-order valence-electron chi connectivity index (χ2n) is 4.26. The fourth-order valence-electron chi connectivity index (χ4n) is 1.57. The molecule has 0 aliphatic heterocycles. The minimum Gasteiger partial charge on any atom is -0.383 e. The van der Waals surface area contributed by atoms with Crippen LogP contribution < -0.4 is 5.32 Å². The van der Waals surface area contributed by atoms with Gasteiger partial charge in [-0.3, -0.25) is 9.59 Å². The molecule has 0 aromatic carbocycles. The van der Waals surface area contributed by atoms with E-state index in [9.17, 15) is 9.59 Å². The quantitative estimate of drug-likeness (QED) is 0.772. The van der Waals surface area contributed by atoms with E-state index in [-0.39, 0.29) is 30.6 Å². The van der Waals surface area contributed by atoms with Crippen LogP contribution in [0.15, 0.2) is 12.1 Å². The minimum atomic E-state index is -0.110. The van der Waals surface area contributed by atoms with Crippen molar-refractivity contribution >= 4 is 23.0 Å². The highest BCUT2D eigenvalue weighted by atomic mass is 32.1. The molecule has 1 aromatic heterocycles.